The first-order valence-corrected chi connectivity index (χ1v) is 6.89. The van der Waals surface area contributed by atoms with Gasteiger partial charge in [0.15, 0.2) is 5.58 Å². The van der Waals surface area contributed by atoms with Gasteiger partial charge < -0.3 is 15.1 Å². The lowest BCUT2D eigenvalue weighted by Gasteiger charge is -2.21. The molecule has 5 heteroatoms. The molecule has 0 saturated heterocycles. The Morgan fingerprint density at radius 1 is 1.53 bits per heavy atom. The molecule has 1 heterocycles. The van der Waals surface area contributed by atoms with Crippen LogP contribution in [0.2, 0.25) is 0 Å². The first kappa shape index (κ1) is 12.1. The van der Waals surface area contributed by atoms with Crippen LogP contribution in [0.1, 0.15) is 6.92 Å². The molecule has 4 nitrogen and oxygen atoms in total. The summed E-state index contributed by atoms with van der Waals surface area (Å²) in [7, 11) is 1.99. The van der Waals surface area contributed by atoms with Crippen molar-refractivity contribution in [2.75, 3.05) is 29.7 Å². The third-order valence-electron chi connectivity index (χ3n) is 2.81. The average molecular weight is 251 g/mol. The summed E-state index contributed by atoms with van der Waals surface area (Å²) in [5.74, 6) is 1.03. The van der Waals surface area contributed by atoms with Crippen LogP contribution in [0.25, 0.3) is 11.1 Å². The molecule has 2 aromatic rings. The molecular formula is C12H17N3OS. The third kappa shape index (κ3) is 2.34. The van der Waals surface area contributed by atoms with Gasteiger partial charge in [-0.3, -0.25) is 0 Å². The van der Waals surface area contributed by atoms with Crippen LogP contribution in [-0.4, -0.2) is 30.1 Å². The van der Waals surface area contributed by atoms with Crippen molar-refractivity contribution in [2.24, 2.45) is 0 Å². The molecule has 0 radical (unpaired) electrons. The highest BCUT2D eigenvalue weighted by molar-refractivity contribution is 7.98. The van der Waals surface area contributed by atoms with Crippen molar-refractivity contribution >= 4 is 34.6 Å². The molecule has 1 atom stereocenters. The molecule has 92 valence electrons. The summed E-state index contributed by atoms with van der Waals surface area (Å²) < 4.78 is 5.70. The summed E-state index contributed by atoms with van der Waals surface area (Å²) >= 11 is 1.81. The van der Waals surface area contributed by atoms with Crippen molar-refractivity contribution in [1.29, 1.82) is 0 Å². The Hall–Kier alpha value is -1.36. The number of hydrogen-bond donors (Lipinski definition) is 1. The summed E-state index contributed by atoms with van der Waals surface area (Å²) in [6.07, 6.45) is 2.09. The number of nitrogens with two attached hydrogens (primary N) is 1. The van der Waals surface area contributed by atoms with E-state index in [1.54, 1.807) is 11.8 Å². The maximum Gasteiger partial charge on any atom is 0.298 e. The van der Waals surface area contributed by atoms with Crippen molar-refractivity contribution in [1.82, 2.24) is 4.98 Å². The molecule has 1 aromatic carbocycles. The van der Waals surface area contributed by atoms with Crippen LogP contribution in [0.3, 0.4) is 0 Å². The Morgan fingerprint density at radius 2 is 2.29 bits per heavy atom. The Balaban J connectivity index is 2.33. The van der Waals surface area contributed by atoms with Crippen LogP contribution in [-0.2, 0) is 0 Å². The van der Waals surface area contributed by atoms with Crippen molar-refractivity contribution in [3.8, 4) is 0 Å². The normalized spacial score (nSPS) is 12.9. The first-order chi connectivity index (χ1) is 8.13. The van der Waals surface area contributed by atoms with E-state index in [0.717, 1.165) is 16.9 Å². The molecule has 0 spiro atoms. The van der Waals surface area contributed by atoms with Gasteiger partial charge in [-0.25, -0.2) is 0 Å². The molecule has 1 unspecified atom stereocenters. The van der Waals surface area contributed by atoms with Crippen molar-refractivity contribution in [3.05, 3.63) is 18.2 Å². The standard InChI is InChI=1S/C12H17N3OS/c1-8(7-17-3)15(2)12-14-11-9(13)5-4-6-10(11)16-12/h4-6,8H,7,13H2,1-3H3. The molecule has 0 fully saturated rings. The first-order valence-electron chi connectivity index (χ1n) is 5.50. The van der Waals surface area contributed by atoms with E-state index in [9.17, 15) is 0 Å². The number of nitrogen functional groups attached to an aromatic ring is 1. The highest BCUT2D eigenvalue weighted by Gasteiger charge is 2.16. The number of oxazole rings is 1. The van der Waals surface area contributed by atoms with Gasteiger partial charge in [0.1, 0.15) is 5.52 Å². The second-order valence-electron chi connectivity index (χ2n) is 4.11. The van der Waals surface area contributed by atoms with Crippen molar-refractivity contribution < 1.29 is 4.42 Å². The number of nitrogens with zero attached hydrogens (tertiary/aromatic N) is 2. The minimum absolute atomic E-state index is 0.374. The number of hydrogen-bond acceptors (Lipinski definition) is 5. The molecule has 2 N–H and O–H groups in total. The fourth-order valence-electron chi connectivity index (χ4n) is 1.65. The summed E-state index contributed by atoms with van der Waals surface area (Å²) in [4.78, 5) is 6.48. The largest absolute Gasteiger partial charge is 0.423 e. The minimum Gasteiger partial charge on any atom is -0.423 e. The summed E-state index contributed by atoms with van der Waals surface area (Å²) in [6.45, 7) is 2.15. The maximum atomic E-state index is 5.86. The lowest BCUT2D eigenvalue weighted by molar-refractivity contribution is 0.563. The van der Waals surface area contributed by atoms with Crippen LogP contribution in [0.5, 0.6) is 0 Å². The molecule has 0 aliphatic rings. The molecule has 0 aliphatic heterocycles. The number of fused-ring (bicyclic) bond motifs is 1. The predicted molar refractivity (Wildman–Crippen MR) is 74.7 cm³/mol. The fourth-order valence-corrected chi connectivity index (χ4v) is 2.36. The number of thioether (sulfide) groups is 1. The van der Waals surface area contributed by atoms with Gasteiger partial charge in [-0.1, -0.05) is 6.07 Å². The highest BCUT2D eigenvalue weighted by Crippen LogP contribution is 2.26. The third-order valence-corrected chi connectivity index (χ3v) is 3.63. The van der Waals surface area contributed by atoms with Crippen LogP contribution in [0.4, 0.5) is 11.7 Å². The van der Waals surface area contributed by atoms with E-state index >= 15 is 0 Å². The van der Waals surface area contributed by atoms with Gasteiger partial charge in [-0.15, -0.1) is 0 Å². The highest BCUT2D eigenvalue weighted by atomic mass is 32.2. The van der Waals surface area contributed by atoms with Gasteiger partial charge in [0.2, 0.25) is 0 Å². The Labute approximate surface area is 105 Å². The molecule has 17 heavy (non-hydrogen) atoms. The number of para-hydroxylation sites is 1. The molecular weight excluding hydrogens is 234 g/mol. The average Bonchev–Trinajstić information content (AvgIpc) is 2.73. The molecule has 0 saturated carbocycles. The van der Waals surface area contributed by atoms with Gasteiger partial charge in [-0.05, 0) is 25.3 Å². The second kappa shape index (κ2) is 4.87. The van der Waals surface area contributed by atoms with Gasteiger partial charge in [0.05, 0.1) is 5.69 Å². The van der Waals surface area contributed by atoms with E-state index in [1.807, 2.05) is 30.1 Å². The van der Waals surface area contributed by atoms with Gasteiger partial charge in [0.25, 0.3) is 6.01 Å². The van der Waals surface area contributed by atoms with Gasteiger partial charge >= 0.3 is 0 Å². The van der Waals surface area contributed by atoms with Crippen LogP contribution in [0, 0.1) is 0 Å². The number of rotatable bonds is 4. The smallest absolute Gasteiger partial charge is 0.298 e. The van der Waals surface area contributed by atoms with E-state index < -0.39 is 0 Å². The quantitative estimate of drug-likeness (QED) is 0.846. The van der Waals surface area contributed by atoms with E-state index in [0.29, 0.717) is 17.7 Å². The van der Waals surface area contributed by atoms with E-state index in [-0.39, 0.29) is 0 Å². The SMILES string of the molecule is CSCC(C)N(C)c1nc2c(N)cccc2o1. The Kier molecular flexibility index (Phi) is 3.47. The number of anilines is 2. The molecule has 2 rings (SSSR count). The summed E-state index contributed by atoms with van der Waals surface area (Å²) in [6, 6.07) is 6.59. The van der Waals surface area contributed by atoms with E-state index in [1.165, 1.54) is 0 Å². The van der Waals surface area contributed by atoms with Crippen LogP contribution < -0.4 is 10.6 Å². The lowest BCUT2D eigenvalue weighted by atomic mass is 10.3. The lowest BCUT2D eigenvalue weighted by Crippen LogP contribution is -2.30. The topological polar surface area (TPSA) is 55.3 Å². The summed E-state index contributed by atoms with van der Waals surface area (Å²) in [5, 5.41) is 0. The predicted octanol–water partition coefficient (Wildman–Crippen LogP) is 2.60. The molecule has 0 bridgehead atoms. The molecule has 0 amide bonds. The van der Waals surface area contributed by atoms with Gasteiger partial charge in [0, 0.05) is 18.8 Å². The van der Waals surface area contributed by atoms with Crippen LogP contribution >= 0.6 is 11.8 Å². The maximum absolute atomic E-state index is 5.86. The molecule has 0 aliphatic carbocycles. The van der Waals surface area contributed by atoms with Crippen molar-refractivity contribution in [2.45, 2.75) is 13.0 Å². The fraction of sp³-hybridized carbons (Fsp3) is 0.417. The zero-order chi connectivity index (χ0) is 12.4. The Bertz CT molecular complexity index is 511. The Morgan fingerprint density at radius 3 is 2.94 bits per heavy atom. The molecule has 1 aromatic heterocycles. The zero-order valence-electron chi connectivity index (χ0n) is 10.3. The second-order valence-corrected chi connectivity index (χ2v) is 5.02. The number of benzene rings is 1. The monoisotopic (exact) mass is 251 g/mol. The van der Waals surface area contributed by atoms with Crippen LogP contribution in [0.15, 0.2) is 22.6 Å². The summed E-state index contributed by atoms with van der Waals surface area (Å²) in [5.41, 5.74) is 8.00. The van der Waals surface area contributed by atoms with E-state index in [4.69, 9.17) is 10.2 Å². The van der Waals surface area contributed by atoms with Crippen molar-refractivity contribution in [3.63, 3.8) is 0 Å². The minimum atomic E-state index is 0.374. The number of aromatic nitrogens is 1. The van der Waals surface area contributed by atoms with E-state index in [2.05, 4.69) is 18.2 Å². The van der Waals surface area contributed by atoms with Gasteiger partial charge in [-0.2, -0.15) is 16.7 Å². The zero-order valence-corrected chi connectivity index (χ0v) is 11.1.